The van der Waals surface area contributed by atoms with Crippen molar-refractivity contribution in [2.75, 3.05) is 6.61 Å². The average Bonchev–Trinajstić information content (AvgIpc) is 2.21. The molecule has 0 aromatic heterocycles. The zero-order valence-corrected chi connectivity index (χ0v) is 9.61. The minimum absolute atomic E-state index is 0.221. The molecule has 2 nitrogen and oxygen atoms in total. The van der Waals surface area contributed by atoms with E-state index in [1.807, 2.05) is 6.92 Å². The Morgan fingerprint density at radius 1 is 1.33 bits per heavy atom. The minimum Gasteiger partial charge on any atom is -0.484 e. The Kier molecular flexibility index (Phi) is 2.58. The summed E-state index contributed by atoms with van der Waals surface area (Å²) in [5.41, 5.74) is 0. The number of alkyl halides is 1. The first-order valence-electron chi connectivity index (χ1n) is 4.54. The van der Waals surface area contributed by atoms with Gasteiger partial charge in [-0.2, -0.15) is 0 Å². The van der Waals surface area contributed by atoms with Crippen LogP contribution in [0.5, 0.6) is 11.5 Å². The van der Waals surface area contributed by atoms with Crippen molar-refractivity contribution in [1.29, 1.82) is 0 Å². The molecule has 0 aliphatic carbocycles. The Labute approximate surface area is 94.3 Å². The van der Waals surface area contributed by atoms with Gasteiger partial charge in [0.15, 0.2) is 27.6 Å². The normalized spacial score (nSPS) is 24.0. The molecule has 15 heavy (non-hydrogen) atoms. The molecule has 1 aromatic rings. The molecule has 0 saturated heterocycles. The van der Waals surface area contributed by atoms with Crippen LogP contribution < -0.4 is 9.47 Å². The summed E-state index contributed by atoms with van der Waals surface area (Å²) in [7, 11) is 0. The highest BCUT2D eigenvalue weighted by molar-refractivity contribution is 9.10. The van der Waals surface area contributed by atoms with Crippen molar-refractivity contribution in [3.63, 3.8) is 0 Å². The van der Waals surface area contributed by atoms with E-state index >= 15 is 0 Å². The molecule has 1 aliphatic heterocycles. The molecule has 0 N–H and O–H groups in total. The maximum Gasteiger partial charge on any atom is 0.196 e. The maximum atomic E-state index is 12.9. The van der Waals surface area contributed by atoms with Crippen LogP contribution in [0.2, 0.25) is 0 Å². The first-order chi connectivity index (χ1) is 7.04. The number of hydrogen-bond acceptors (Lipinski definition) is 2. The Hall–Kier alpha value is -0.840. The van der Waals surface area contributed by atoms with Gasteiger partial charge in [0.05, 0.1) is 0 Å². The van der Waals surface area contributed by atoms with E-state index in [1.54, 1.807) is 0 Å². The van der Waals surface area contributed by atoms with Crippen LogP contribution in [0, 0.1) is 11.6 Å². The summed E-state index contributed by atoms with van der Waals surface area (Å²) in [6.45, 7) is 2.17. The van der Waals surface area contributed by atoms with Crippen LogP contribution in [0.1, 0.15) is 13.3 Å². The molecular weight excluding hydrogens is 270 g/mol. The van der Waals surface area contributed by atoms with Gasteiger partial charge in [0, 0.05) is 12.1 Å². The zero-order chi connectivity index (χ0) is 11.1. The predicted molar refractivity (Wildman–Crippen MR) is 54.4 cm³/mol. The Morgan fingerprint density at radius 3 is 2.53 bits per heavy atom. The van der Waals surface area contributed by atoms with E-state index in [-0.39, 0.29) is 18.1 Å². The summed E-state index contributed by atoms with van der Waals surface area (Å²) < 4.78 is 35.9. The third-order valence-electron chi connectivity index (χ3n) is 2.25. The van der Waals surface area contributed by atoms with Crippen LogP contribution >= 0.6 is 15.9 Å². The minimum atomic E-state index is -0.940. The lowest BCUT2D eigenvalue weighted by Gasteiger charge is -2.32. The third-order valence-corrected chi connectivity index (χ3v) is 3.20. The van der Waals surface area contributed by atoms with E-state index in [0.29, 0.717) is 6.42 Å². The van der Waals surface area contributed by atoms with E-state index in [1.165, 1.54) is 0 Å². The van der Waals surface area contributed by atoms with Crippen molar-refractivity contribution in [2.24, 2.45) is 0 Å². The van der Waals surface area contributed by atoms with Crippen LogP contribution in [0.4, 0.5) is 8.78 Å². The first-order valence-corrected chi connectivity index (χ1v) is 5.33. The standard InChI is InChI=1S/C10H9BrF2O2/c1-2-10(11)5-14-8-3-6(12)7(13)4-9(8)15-10/h3-4H,2,5H2,1H3/t10-/m0/s1. The lowest BCUT2D eigenvalue weighted by molar-refractivity contribution is 0.0657. The molecule has 1 aromatic carbocycles. The van der Waals surface area contributed by atoms with Crippen LogP contribution in [0.15, 0.2) is 12.1 Å². The number of ether oxygens (including phenoxy) is 2. The molecule has 1 aliphatic rings. The van der Waals surface area contributed by atoms with E-state index in [4.69, 9.17) is 9.47 Å². The molecule has 0 radical (unpaired) electrons. The molecule has 0 amide bonds. The molecule has 1 heterocycles. The summed E-state index contributed by atoms with van der Waals surface area (Å²) in [6, 6.07) is 1.99. The van der Waals surface area contributed by atoms with E-state index < -0.39 is 16.1 Å². The summed E-state index contributed by atoms with van der Waals surface area (Å²) in [5, 5.41) is 0. The molecule has 1 atom stereocenters. The predicted octanol–water partition coefficient (Wildman–Crippen LogP) is 3.24. The van der Waals surface area contributed by atoms with Gasteiger partial charge in [0.2, 0.25) is 0 Å². The summed E-state index contributed by atoms with van der Waals surface area (Å²) in [4.78, 5) is 0. The molecular formula is C10H9BrF2O2. The van der Waals surface area contributed by atoms with Crippen molar-refractivity contribution in [1.82, 2.24) is 0 Å². The average molecular weight is 279 g/mol. The van der Waals surface area contributed by atoms with Crippen molar-refractivity contribution < 1.29 is 18.3 Å². The molecule has 0 fully saturated rings. The molecule has 5 heteroatoms. The van der Waals surface area contributed by atoms with E-state index in [9.17, 15) is 8.78 Å². The fraction of sp³-hybridized carbons (Fsp3) is 0.400. The van der Waals surface area contributed by atoms with Gasteiger partial charge in [-0.1, -0.05) is 6.92 Å². The van der Waals surface area contributed by atoms with Gasteiger partial charge in [-0.3, -0.25) is 0 Å². The van der Waals surface area contributed by atoms with Crippen molar-refractivity contribution in [3.05, 3.63) is 23.8 Å². The number of fused-ring (bicyclic) bond motifs is 1. The second kappa shape index (κ2) is 3.63. The van der Waals surface area contributed by atoms with Gasteiger partial charge in [0.1, 0.15) is 6.61 Å². The second-order valence-electron chi connectivity index (χ2n) is 3.34. The molecule has 2 rings (SSSR count). The number of rotatable bonds is 1. The first kappa shape index (κ1) is 10.7. The van der Waals surface area contributed by atoms with Crippen LogP contribution in [0.25, 0.3) is 0 Å². The van der Waals surface area contributed by atoms with E-state index in [2.05, 4.69) is 15.9 Å². The van der Waals surface area contributed by atoms with Gasteiger partial charge in [-0.05, 0) is 22.4 Å². The van der Waals surface area contributed by atoms with Crippen molar-refractivity contribution in [3.8, 4) is 11.5 Å². The maximum absolute atomic E-state index is 12.9. The number of hydrogen-bond donors (Lipinski definition) is 0. The Morgan fingerprint density at radius 2 is 1.93 bits per heavy atom. The summed E-state index contributed by atoms with van der Waals surface area (Å²) >= 11 is 3.34. The largest absolute Gasteiger partial charge is 0.484 e. The van der Waals surface area contributed by atoms with Crippen molar-refractivity contribution >= 4 is 15.9 Å². The second-order valence-corrected chi connectivity index (χ2v) is 4.79. The SMILES string of the molecule is CC[C@@]1(Br)COc2cc(F)c(F)cc2O1. The lowest BCUT2D eigenvalue weighted by Crippen LogP contribution is -2.38. The zero-order valence-electron chi connectivity index (χ0n) is 8.02. The highest BCUT2D eigenvalue weighted by Crippen LogP contribution is 2.40. The van der Waals surface area contributed by atoms with Crippen LogP contribution in [-0.4, -0.2) is 11.1 Å². The molecule has 0 unspecified atom stereocenters. The van der Waals surface area contributed by atoms with Crippen LogP contribution in [0.3, 0.4) is 0 Å². The van der Waals surface area contributed by atoms with Gasteiger partial charge in [-0.15, -0.1) is 0 Å². The van der Waals surface area contributed by atoms with Crippen molar-refractivity contribution in [2.45, 2.75) is 17.9 Å². The topological polar surface area (TPSA) is 18.5 Å². The molecule has 82 valence electrons. The highest BCUT2D eigenvalue weighted by Gasteiger charge is 2.34. The molecule has 0 saturated carbocycles. The Balaban J connectivity index is 2.38. The highest BCUT2D eigenvalue weighted by atomic mass is 79.9. The van der Waals surface area contributed by atoms with Gasteiger partial charge < -0.3 is 9.47 Å². The quantitative estimate of drug-likeness (QED) is 0.735. The molecule has 0 spiro atoms. The van der Waals surface area contributed by atoms with Crippen LogP contribution in [-0.2, 0) is 0 Å². The number of halogens is 3. The summed E-state index contributed by atoms with van der Waals surface area (Å²) in [6.07, 6.45) is 0.658. The fourth-order valence-corrected chi connectivity index (χ4v) is 1.58. The fourth-order valence-electron chi connectivity index (χ4n) is 1.29. The Bertz CT molecular complexity index is 397. The molecule has 0 bridgehead atoms. The lowest BCUT2D eigenvalue weighted by atomic mass is 10.2. The van der Waals surface area contributed by atoms with Gasteiger partial charge in [0.25, 0.3) is 0 Å². The van der Waals surface area contributed by atoms with E-state index in [0.717, 1.165) is 12.1 Å². The monoisotopic (exact) mass is 278 g/mol. The number of benzene rings is 1. The third kappa shape index (κ3) is 1.93. The van der Waals surface area contributed by atoms with Gasteiger partial charge in [-0.25, -0.2) is 8.78 Å². The smallest absolute Gasteiger partial charge is 0.196 e. The van der Waals surface area contributed by atoms with Gasteiger partial charge >= 0.3 is 0 Å². The summed E-state index contributed by atoms with van der Waals surface area (Å²) in [5.74, 6) is -1.42.